The molecular weight excluding hydrogens is 198 g/mol. The Balaban J connectivity index is 2.48. The number of hydrogen-bond donors (Lipinski definition) is 1. The van der Waals surface area contributed by atoms with E-state index in [0.29, 0.717) is 0 Å². The molecule has 0 fully saturated rings. The van der Waals surface area contributed by atoms with E-state index in [-0.39, 0.29) is 11.8 Å². The van der Waals surface area contributed by atoms with Crippen LogP contribution >= 0.6 is 0 Å². The van der Waals surface area contributed by atoms with Crippen LogP contribution in [0.25, 0.3) is 0 Å². The highest BCUT2D eigenvalue weighted by molar-refractivity contribution is 5.83. The molecule has 86 valence electrons. The molecule has 1 aromatic carbocycles. The standard InChI is InChI=1S/C14H19NO/c1-3-9-7-11-5-6-12(14(15)16)13(11)8-10(9)4-2/h7-8,12H,3-6H2,1-2H3,(H2,15,16). The van der Waals surface area contributed by atoms with Gasteiger partial charge in [0.2, 0.25) is 5.91 Å². The lowest BCUT2D eigenvalue weighted by molar-refractivity contribution is -0.119. The zero-order chi connectivity index (χ0) is 11.7. The van der Waals surface area contributed by atoms with E-state index in [1.54, 1.807) is 0 Å². The summed E-state index contributed by atoms with van der Waals surface area (Å²) in [5.41, 5.74) is 10.7. The van der Waals surface area contributed by atoms with E-state index in [1.807, 2.05) is 0 Å². The maximum absolute atomic E-state index is 11.3. The summed E-state index contributed by atoms with van der Waals surface area (Å²) in [5, 5.41) is 0. The average Bonchev–Trinajstić information content (AvgIpc) is 2.69. The van der Waals surface area contributed by atoms with Gasteiger partial charge >= 0.3 is 0 Å². The van der Waals surface area contributed by atoms with Crippen molar-refractivity contribution in [2.45, 2.75) is 45.4 Å². The van der Waals surface area contributed by atoms with Gasteiger partial charge in [-0.25, -0.2) is 0 Å². The first-order valence-electron chi connectivity index (χ1n) is 6.11. The number of nitrogens with two attached hydrogens (primary N) is 1. The molecule has 0 bridgehead atoms. The number of fused-ring (bicyclic) bond motifs is 1. The van der Waals surface area contributed by atoms with E-state index >= 15 is 0 Å². The second kappa shape index (κ2) is 4.28. The Morgan fingerprint density at radius 1 is 1.31 bits per heavy atom. The molecule has 1 unspecified atom stereocenters. The van der Waals surface area contributed by atoms with Gasteiger partial charge in [-0.2, -0.15) is 0 Å². The molecule has 1 aromatic rings. The molecule has 0 radical (unpaired) electrons. The quantitative estimate of drug-likeness (QED) is 0.829. The highest BCUT2D eigenvalue weighted by atomic mass is 16.1. The SMILES string of the molecule is CCc1cc2c(cc1CC)C(C(N)=O)CC2. The van der Waals surface area contributed by atoms with Crippen molar-refractivity contribution in [2.75, 3.05) is 0 Å². The van der Waals surface area contributed by atoms with E-state index in [1.165, 1.54) is 22.3 Å². The number of benzene rings is 1. The van der Waals surface area contributed by atoms with Crippen LogP contribution in [0.4, 0.5) is 0 Å². The Hall–Kier alpha value is -1.31. The number of carbonyl (C=O) groups is 1. The fourth-order valence-electron chi connectivity index (χ4n) is 2.71. The van der Waals surface area contributed by atoms with Gasteiger partial charge in [-0.3, -0.25) is 4.79 Å². The summed E-state index contributed by atoms with van der Waals surface area (Å²) in [6.45, 7) is 4.34. The lowest BCUT2D eigenvalue weighted by Gasteiger charge is -2.12. The summed E-state index contributed by atoms with van der Waals surface area (Å²) < 4.78 is 0. The molecule has 2 N–H and O–H groups in total. The molecule has 0 spiro atoms. The average molecular weight is 217 g/mol. The van der Waals surface area contributed by atoms with Crippen LogP contribution in [-0.4, -0.2) is 5.91 Å². The third-order valence-corrected chi connectivity index (χ3v) is 3.64. The number of aryl methyl sites for hydroxylation is 3. The van der Waals surface area contributed by atoms with E-state index in [9.17, 15) is 4.79 Å². The Labute approximate surface area is 96.8 Å². The minimum Gasteiger partial charge on any atom is -0.369 e. The fourth-order valence-corrected chi connectivity index (χ4v) is 2.71. The molecule has 2 nitrogen and oxygen atoms in total. The van der Waals surface area contributed by atoms with Gasteiger partial charge < -0.3 is 5.73 Å². The fraction of sp³-hybridized carbons (Fsp3) is 0.500. The zero-order valence-electron chi connectivity index (χ0n) is 10.0. The van der Waals surface area contributed by atoms with Crippen molar-refractivity contribution in [3.63, 3.8) is 0 Å². The first kappa shape index (κ1) is 11.2. The van der Waals surface area contributed by atoms with Crippen LogP contribution < -0.4 is 5.73 Å². The van der Waals surface area contributed by atoms with E-state index < -0.39 is 0 Å². The van der Waals surface area contributed by atoms with Crippen LogP contribution in [0.15, 0.2) is 12.1 Å². The number of primary amides is 1. The number of amides is 1. The predicted octanol–water partition coefficient (Wildman–Crippen LogP) is 2.33. The van der Waals surface area contributed by atoms with Gasteiger partial charge in [0.15, 0.2) is 0 Å². The van der Waals surface area contributed by atoms with Crippen LogP contribution in [0.1, 0.15) is 48.4 Å². The second-order valence-corrected chi connectivity index (χ2v) is 4.52. The molecule has 2 rings (SSSR count). The van der Waals surface area contributed by atoms with E-state index in [2.05, 4.69) is 26.0 Å². The normalized spacial score (nSPS) is 18.5. The van der Waals surface area contributed by atoms with Gasteiger partial charge in [0.05, 0.1) is 5.92 Å². The Morgan fingerprint density at radius 2 is 1.94 bits per heavy atom. The summed E-state index contributed by atoms with van der Waals surface area (Å²) >= 11 is 0. The van der Waals surface area contributed by atoms with Crippen LogP contribution in [0, 0.1) is 0 Å². The van der Waals surface area contributed by atoms with Gasteiger partial charge in [0, 0.05) is 0 Å². The Kier molecular flexibility index (Phi) is 2.99. The third-order valence-electron chi connectivity index (χ3n) is 3.64. The molecule has 16 heavy (non-hydrogen) atoms. The molecular formula is C14H19NO. The molecule has 1 amide bonds. The molecule has 0 saturated heterocycles. The van der Waals surface area contributed by atoms with Crippen molar-refractivity contribution in [2.24, 2.45) is 5.73 Å². The topological polar surface area (TPSA) is 43.1 Å². The summed E-state index contributed by atoms with van der Waals surface area (Å²) in [4.78, 5) is 11.3. The minimum atomic E-state index is -0.176. The minimum absolute atomic E-state index is 0.0498. The predicted molar refractivity (Wildman–Crippen MR) is 65.5 cm³/mol. The Bertz CT molecular complexity index is 423. The van der Waals surface area contributed by atoms with Crippen LogP contribution in [0.3, 0.4) is 0 Å². The molecule has 0 heterocycles. The first-order chi connectivity index (χ1) is 7.67. The number of carbonyl (C=O) groups excluding carboxylic acids is 1. The molecule has 2 heteroatoms. The van der Waals surface area contributed by atoms with Crippen LogP contribution in [0.5, 0.6) is 0 Å². The monoisotopic (exact) mass is 217 g/mol. The van der Waals surface area contributed by atoms with Crippen molar-refractivity contribution < 1.29 is 4.79 Å². The summed E-state index contributed by atoms with van der Waals surface area (Å²) in [6.07, 6.45) is 3.99. The molecule has 1 aliphatic carbocycles. The lowest BCUT2D eigenvalue weighted by Crippen LogP contribution is -2.19. The summed E-state index contributed by atoms with van der Waals surface area (Å²) in [6, 6.07) is 4.48. The lowest BCUT2D eigenvalue weighted by atomic mass is 9.93. The molecule has 0 aromatic heterocycles. The van der Waals surface area contributed by atoms with Crippen LogP contribution in [0.2, 0.25) is 0 Å². The molecule has 1 atom stereocenters. The van der Waals surface area contributed by atoms with Crippen molar-refractivity contribution in [3.8, 4) is 0 Å². The largest absolute Gasteiger partial charge is 0.369 e. The van der Waals surface area contributed by atoms with Gasteiger partial charge in [0.25, 0.3) is 0 Å². The summed E-state index contributed by atoms with van der Waals surface area (Å²) in [5.74, 6) is -0.226. The van der Waals surface area contributed by atoms with Crippen LogP contribution in [-0.2, 0) is 24.1 Å². The molecule has 0 aliphatic heterocycles. The summed E-state index contributed by atoms with van der Waals surface area (Å²) in [7, 11) is 0. The van der Waals surface area contributed by atoms with Crippen molar-refractivity contribution in [1.29, 1.82) is 0 Å². The second-order valence-electron chi connectivity index (χ2n) is 4.52. The van der Waals surface area contributed by atoms with E-state index in [0.717, 1.165) is 25.7 Å². The first-order valence-corrected chi connectivity index (χ1v) is 6.11. The van der Waals surface area contributed by atoms with Gasteiger partial charge in [0.1, 0.15) is 0 Å². The number of hydrogen-bond acceptors (Lipinski definition) is 1. The van der Waals surface area contributed by atoms with Gasteiger partial charge in [-0.05, 0) is 47.9 Å². The van der Waals surface area contributed by atoms with Crippen molar-refractivity contribution >= 4 is 5.91 Å². The van der Waals surface area contributed by atoms with Gasteiger partial charge in [-0.1, -0.05) is 26.0 Å². The van der Waals surface area contributed by atoms with Gasteiger partial charge in [-0.15, -0.1) is 0 Å². The highest BCUT2D eigenvalue weighted by Crippen LogP contribution is 2.35. The third kappa shape index (κ3) is 1.73. The molecule has 0 saturated carbocycles. The number of rotatable bonds is 3. The zero-order valence-corrected chi connectivity index (χ0v) is 10.0. The smallest absolute Gasteiger partial charge is 0.224 e. The van der Waals surface area contributed by atoms with E-state index in [4.69, 9.17) is 5.73 Å². The maximum Gasteiger partial charge on any atom is 0.224 e. The maximum atomic E-state index is 11.3. The highest BCUT2D eigenvalue weighted by Gasteiger charge is 2.27. The van der Waals surface area contributed by atoms with Crippen molar-refractivity contribution in [1.82, 2.24) is 0 Å². The Morgan fingerprint density at radius 3 is 2.50 bits per heavy atom. The van der Waals surface area contributed by atoms with Crippen molar-refractivity contribution in [3.05, 3.63) is 34.4 Å². The molecule has 1 aliphatic rings.